The minimum absolute atomic E-state index is 0.275. The molecule has 3 heteroatoms. The maximum Gasteiger partial charge on any atom is 0.338 e. The second kappa shape index (κ2) is 8.03. The summed E-state index contributed by atoms with van der Waals surface area (Å²) in [5.74, 6) is 0.170. The van der Waals surface area contributed by atoms with E-state index in [1.165, 1.54) is 0 Å². The number of ether oxygens (including phenoxy) is 1. The fourth-order valence-electron chi connectivity index (χ4n) is 2.03. The smallest absolute Gasteiger partial charge is 0.338 e. The van der Waals surface area contributed by atoms with Crippen LogP contribution in [0.1, 0.15) is 56.8 Å². The number of hydrogen-bond donors (Lipinski definition) is 0. The third-order valence-electron chi connectivity index (χ3n) is 3.32. The van der Waals surface area contributed by atoms with Crippen LogP contribution in [0.5, 0.6) is 0 Å². The summed E-state index contributed by atoms with van der Waals surface area (Å²) >= 11 is 0. The molecule has 0 N–H and O–H groups in total. The number of hydrogen-bond acceptors (Lipinski definition) is 2. The highest BCUT2D eigenvalue weighted by Gasteiger charge is 2.15. The van der Waals surface area contributed by atoms with Gasteiger partial charge in [0.2, 0.25) is 0 Å². The Hall–Kier alpha value is -1.38. The number of esters is 1. The van der Waals surface area contributed by atoms with Gasteiger partial charge in [0.05, 0.1) is 12.2 Å². The Labute approximate surface area is 121 Å². The molecule has 0 aliphatic rings. The Morgan fingerprint density at radius 1 is 1.25 bits per heavy atom. The molecule has 1 unspecified atom stereocenters. The standard InChI is InChI=1S/C17H25FO2/c1-14(8-7-12-17(2,3)18)11-13-20-16(19)15-9-5-4-6-10-15/h4-6,9-10,14H,7-8,11-13H2,1-3H3. The fourth-order valence-corrected chi connectivity index (χ4v) is 2.03. The molecular weight excluding hydrogens is 255 g/mol. The summed E-state index contributed by atoms with van der Waals surface area (Å²) < 4.78 is 18.5. The quantitative estimate of drug-likeness (QED) is 0.640. The van der Waals surface area contributed by atoms with Crippen molar-refractivity contribution in [2.45, 2.75) is 52.1 Å². The molecule has 2 nitrogen and oxygen atoms in total. The van der Waals surface area contributed by atoms with Crippen molar-refractivity contribution in [1.82, 2.24) is 0 Å². The molecule has 0 saturated carbocycles. The van der Waals surface area contributed by atoms with Crippen molar-refractivity contribution in [3.63, 3.8) is 0 Å². The molecule has 0 saturated heterocycles. The van der Waals surface area contributed by atoms with Gasteiger partial charge in [0.15, 0.2) is 0 Å². The van der Waals surface area contributed by atoms with E-state index in [0.717, 1.165) is 19.3 Å². The van der Waals surface area contributed by atoms with Crippen LogP contribution in [0.15, 0.2) is 30.3 Å². The van der Waals surface area contributed by atoms with E-state index < -0.39 is 5.67 Å². The van der Waals surface area contributed by atoms with Gasteiger partial charge >= 0.3 is 5.97 Å². The van der Waals surface area contributed by atoms with E-state index >= 15 is 0 Å². The second-order valence-corrected chi connectivity index (χ2v) is 6.01. The van der Waals surface area contributed by atoms with Crippen molar-refractivity contribution in [2.24, 2.45) is 5.92 Å². The van der Waals surface area contributed by atoms with E-state index in [-0.39, 0.29) is 5.97 Å². The average molecular weight is 280 g/mol. The molecule has 1 aromatic rings. The van der Waals surface area contributed by atoms with E-state index in [1.807, 2.05) is 18.2 Å². The van der Waals surface area contributed by atoms with Gasteiger partial charge in [-0.05, 0) is 44.7 Å². The molecule has 1 atom stereocenters. The lowest BCUT2D eigenvalue weighted by molar-refractivity contribution is 0.0483. The van der Waals surface area contributed by atoms with Crippen LogP contribution < -0.4 is 0 Å². The zero-order chi connectivity index (χ0) is 15.0. The lowest BCUT2D eigenvalue weighted by Crippen LogP contribution is -2.12. The maximum absolute atomic E-state index is 13.3. The first-order valence-corrected chi connectivity index (χ1v) is 7.29. The SMILES string of the molecule is CC(CCCC(C)(C)F)CCOC(=O)c1ccccc1. The summed E-state index contributed by atoms with van der Waals surface area (Å²) in [5.41, 5.74) is -0.501. The maximum atomic E-state index is 13.3. The molecule has 0 aromatic heterocycles. The van der Waals surface area contributed by atoms with E-state index in [9.17, 15) is 9.18 Å². The second-order valence-electron chi connectivity index (χ2n) is 6.01. The minimum Gasteiger partial charge on any atom is -0.462 e. The van der Waals surface area contributed by atoms with Gasteiger partial charge in [-0.1, -0.05) is 38.0 Å². The lowest BCUT2D eigenvalue weighted by atomic mass is 9.96. The molecule has 1 rings (SSSR count). The molecule has 0 fully saturated rings. The van der Waals surface area contributed by atoms with Crippen molar-refractivity contribution < 1.29 is 13.9 Å². The van der Waals surface area contributed by atoms with Gasteiger partial charge < -0.3 is 4.74 Å². The Morgan fingerprint density at radius 2 is 1.90 bits per heavy atom. The molecule has 0 bridgehead atoms. The monoisotopic (exact) mass is 280 g/mol. The van der Waals surface area contributed by atoms with Gasteiger partial charge in [-0.2, -0.15) is 0 Å². The van der Waals surface area contributed by atoms with Gasteiger partial charge in [0, 0.05) is 0 Å². The van der Waals surface area contributed by atoms with Crippen LogP contribution in [0.25, 0.3) is 0 Å². The topological polar surface area (TPSA) is 26.3 Å². The number of benzene rings is 1. The first-order valence-electron chi connectivity index (χ1n) is 7.29. The van der Waals surface area contributed by atoms with E-state index in [4.69, 9.17) is 4.74 Å². The summed E-state index contributed by atoms with van der Waals surface area (Å²) in [6.45, 7) is 5.76. The normalized spacial score (nSPS) is 13.0. The van der Waals surface area contributed by atoms with E-state index in [1.54, 1.807) is 26.0 Å². The Balaban J connectivity index is 2.16. The van der Waals surface area contributed by atoms with Gasteiger partial charge in [-0.3, -0.25) is 0 Å². The van der Waals surface area contributed by atoms with Crippen molar-refractivity contribution in [1.29, 1.82) is 0 Å². The van der Waals surface area contributed by atoms with Crippen molar-refractivity contribution in [3.8, 4) is 0 Å². The van der Waals surface area contributed by atoms with Gasteiger partial charge in [-0.15, -0.1) is 0 Å². The molecule has 0 aliphatic heterocycles. The zero-order valence-electron chi connectivity index (χ0n) is 12.7. The highest BCUT2D eigenvalue weighted by atomic mass is 19.1. The van der Waals surface area contributed by atoms with Crippen LogP contribution in [-0.4, -0.2) is 18.2 Å². The summed E-state index contributed by atoms with van der Waals surface area (Å²) in [5, 5.41) is 0. The van der Waals surface area contributed by atoms with Crippen molar-refractivity contribution in [2.75, 3.05) is 6.61 Å². The molecule has 0 heterocycles. The molecular formula is C17H25FO2. The number of carbonyl (C=O) groups excluding carboxylic acids is 1. The van der Waals surface area contributed by atoms with Crippen LogP contribution in [0, 0.1) is 5.92 Å². The average Bonchev–Trinajstić information content (AvgIpc) is 2.38. The zero-order valence-corrected chi connectivity index (χ0v) is 12.7. The van der Waals surface area contributed by atoms with Crippen LogP contribution in [0.4, 0.5) is 4.39 Å². The van der Waals surface area contributed by atoms with E-state index in [0.29, 0.717) is 24.5 Å². The third kappa shape index (κ3) is 7.27. The molecule has 20 heavy (non-hydrogen) atoms. The van der Waals surface area contributed by atoms with Crippen molar-refractivity contribution in [3.05, 3.63) is 35.9 Å². The molecule has 1 aromatic carbocycles. The first-order chi connectivity index (χ1) is 9.38. The molecule has 0 aliphatic carbocycles. The number of rotatable bonds is 8. The molecule has 0 spiro atoms. The summed E-state index contributed by atoms with van der Waals surface area (Å²) in [6.07, 6.45) is 3.25. The molecule has 112 valence electrons. The van der Waals surface area contributed by atoms with Gasteiger partial charge in [-0.25, -0.2) is 9.18 Å². The predicted molar refractivity (Wildman–Crippen MR) is 79.5 cm³/mol. The Morgan fingerprint density at radius 3 is 2.50 bits per heavy atom. The summed E-state index contributed by atoms with van der Waals surface area (Å²) in [4.78, 5) is 11.7. The fraction of sp³-hybridized carbons (Fsp3) is 0.588. The van der Waals surface area contributed by atoms with Crippen LogP contribution >= 0.6 is 0 Å². The highest BCUT2D eigenvalue weighted by molar-refractivity contribution is 5.89. The van der Waals surface area contributed by atoms with Gasteiger partial charge in [0.1, 0.15) is 5.67 Å². The van der Waals surface area contributed by atoms with Crippen molar-refractivity contribution >= 4 is 5.97 Å². The van der Waals surface area contributed by atoms with Crippen LogP contribution in [0.3, 0.4) is 0 Å². The lowest BCUT2D eigenvalue weighted by Gasteiger charge is -2.16. The van der Waals surface area contributed by atoms with Gasteiger partial charge in [0.25, 0.3) is 0 Å². The van der Waals surface area contributed by atoms with Crippen LogP contribution in [-0.2, 0) is 4.74 Å². The number of halogens is 1. The molecule has 0 radical (unpaired) electrons. The number of carbonyl (C=O) groups is 1. The Kier molecular flexibility index (Phi) is 6.69. The predicted octanol–water partition coefficient (Wildman–Crippen LogP) is 4.79. The largest absolute Gasteiger partial charge is 0.462 e. The summed E-state index contributed by atoms with van der Waals surface area (Å²) in [6, 6.07) is 8.99. The highest BCUT2D eigenvalue weighted by Crippen LogP contribution is 2.20. The minimum atomic E-state index is -1.08. The number of alkyl halides is 1. The van der Waals surface area contributed by atoms with E-state index in [2.05, 4.69) is 6.92 Å². The summed E-state index contributed by atoms with van der Waals surface area (Å²) in [7, 11) is 0. The third-order valence-corrected chi connectivity index (χ3v) is 3.32. The van der Waals surface area contributed by atoms with Crippen LogP contribution in [0.2, 0.25) is 0 Å². The molecule has 0 amide bonds. The first kappa shape index (κ1) is 16.7. The Bertz CT molecular complexity index is 395.